The molecule has 1 heterocycles. The average molecular weight is 608 g/mol. The molecule has 8 nitrogen and oxygen atoms in total. The van der Waals surface area contributed by atoms with Gasteiger partial charge in [-0.25, -0.2) is 12.7 Å². The summed E-state index contributed by atoms with van der Waals surface area (Å²) in [6.45, 7) is 0.0194. The van der Waals surface area contributed by atoms with Crippen molar-refractivity contribution in [2.75, 3.05) is 6.54 Å². The number of hydrogen-bond acceptors (Lipinski definition) is 5. The third-order valence-corrected chi connectivity index (χ3v) is 9.95. The molecule has 42 heavy (non-hydrogen) atoms. The summed E-state index contributed by atoms with van der Waals surface area (Å²) in [6, 6.07) is 22.1. The fourth-order valence-electron chi connectivity index (χ4n) is 5.72. The minimum absolute atomic E-state index is 0.0181. The standard InChI is InChI=1S/C32H34ClN3O5S/c33-25-13-8-12-24(20-25)22-35(28(21-23-10-2-1-3-11-23)31(38)34-26-14-4-5-15-26)30(37)18-9-19-36-32(39)27-16-6-7-17-29(27)42(36,40)41/h1-3,6-8,10-13,16-17,20,26,28H,4-5,9,14-15,18-19,21-22H2,(H,34,38)/t28-/m1/s1. The van der Waals surface area contributed by atoms with Crippen molar-refractivity contribution in [3.63, 3.8) is 0 Å². The first-order chi connectivity index (χ1) is 20.2. The van der Waals surface area contributed by atoms with E-state index >= 15 is 0 Å². The van der Waals surface area contributed by atoms with Gasteiger partial charge in [0.05, 0.1) is 5.56 Å². The molecule has 3 aromatic rings. The summed E-state index contributed by atoms with van der Waals surface area (Å²) in [6.07, 6.45) is 4.33. The van der Waals surface area contributed by atoms with Crippen LogP contribution in [-0.2, 0) is 32.6 Å². The fraction of sp³-hybridized carbons (Fsp3) is 0.344. The Bertz CT molecular complexity index is 1560. The van der Waals surface area contributed by atoms with Crippen molar-refractivity contribution in [2.45, 2.75) is 68.5 Å². The quantitative estimate of drug-likeness (QED) is 0.332. The monoisotopic (exact) mass is 607 g/mol. The van der Waals surface area contributed by atoms with Crippen molar-refractivity contribution in [1.82, 2.24) is 14.5 Å². The number of halogens is 1. The van der Waals surface area contributed by atoms with Crippen LogP contribution in [0.15, 0.2) is 83.8 Å². The molecule has 0 unspecified atom stereocenters. The highest BCUT2D eigenvalue weighted by Crippen LogP contribution is 2.30. The Balaban J connectivity index is 1.37. The van der Waals surface area contributed by atoms with Crippen LogP contribution in [-0.4, -0.2) is 54.0 Å². The third kappa shape index (κ3) is 6.68. The molecular weight excluding hydrogens is 574 g/mol. The highest BCUT2D eigenvalue weighted by molar-refractivity contribution is 7.90. The first-order valence-electron chi connectivity index (χ1n) is 14.3. The smallest absolute Gasteiger partial charge is 0.269 e. The largest absolute Gasteiger partial charge is 0.352 e. The Kier molecular flexibility index (Phi) is 9.28. The lowest BCUT2D eigenvalue weighted by Crippen LogP contribution is -2.52. The van der Waals surface area contributed by atoms with Crippen LogP contribution in [0.1, 0.15) is 60.0 Å². The average Bonchev–Trinajstić information content (AvgIpc) is 3.56. The summed E-state index contributed by atoms with van der Waals surface area (Å²) < 4.78 is 26.8. The number of nitrogens with zero attached hydrogens (tertiary/aromatic N) is 2. The lowest BCUT2D eigenvalue weighted by Gasteiger charge is -2.32. The third-order valence-electron chi connectivity index (χ3n) is 7.88. The van der Waals surface area contributed by atoms with Gasteiger partial charge in [0.2, 0.25) is 11.8 Å². The first kappa shape index (κ1) is 29.8. The number of rotatable bonds is 11. The van der Waals surface area contributed by atoms with Crippen LogP contribution in [0.5, 0.6) is 0 Å². The Labute approximate surface area is 251 Å². The Morgan fingerprint density at radius 2 is 1.64 bits per heavy atom. The number of nitrogens with one attached hydrogen (secondary N) is 1. The summed E-state index contributed by atoms with van der Waals surface area (Å²) >= 11 is 6.25. The summed E-state index contributed by atoms with van der Waals surface area (Å²) in [5, 5.41) is 3.69. The molecule has 1 saturated carbocycles. The van der Waals surface area contributed by atoms with Crippen LogP contribution in [0.25, 0.3) is 0 Å². The Morgan fingerprint density at radius 1 is 0.952 bits per heavy atom. The van der Waals surface area contributed by atoms with Gasteiger partial charge in [-0.3, -0.25) is 14.4 Å². The number of hydrogen-bond donors (Lipinski definition) is 1. The van der Waals surface area contributed by atoms with Gasteiger partial charge in [-0.2, -0.15) is 0 Å². The van der Waals surface area contributed by atoms with Gasteiger partial charge in [0.15, 0.2) is 0 Å². The molecule has 5 rings (SSSR count). The van der Waals surface area contributed by atoms with Crippen molar-refractivity contribution < 1.29 is 22.8 Å². The normalized spacial score (nSPS) is 16.7. The molecule has 1 fully saturated rings. The molecule has 220 valence electrons. The lowest BCUT2D eigenvalue weighted by molar-refractivity contribution is -0.141. The molecular formula is C32H34ClN3O5S. The number of carbonyl (C=O) groups is 3. The maximum atomic E-state index is 13.9. The summed E-state index contributed by atoms with van der Waals surface area (Å²) in [4.78, 5) is 42.1. The molecule has 1 atom stereocenters. The van der Waals surface area contributed by atoms with E-state index in [4.69, 9.17) is 11.6 Å². The first-order valence-corrected chi connectivity index (χ1v) is 16.1. The van der Waals surface area contributed by atoms with Gasteiger partial charge >= 0.3 is 0 Å². The molecule has 3 aromatic carbocycles. The van der Waals surface area contributed by atoms with E-state index in [0.717, 1.165) is 41.1 Å². The van der Waals surface area contributed by atoms with Gasteiger partial charge in [0.1, 0.15) is 10.9 Å². The molecule has 0 spiro atoms. The second kappa shape index (κ2) is 13.1. The number of carbonyl (C=O) groups excluding carboxylic acids is 3. The zero-order chi connectivity index (χ0) is 29.7. The van der Waals surface area contributed by atoms with Crippen molar-refractivity contribution in [3.05, 3.63) is 101 Å². The van der Waals surface area contributed by atoms with Crippen LogP contribution in [0.3, 0.4) is 0 Å². The molecule has 0 aromatic heterocycles. The molecule has 1 N–H and O–H groups in total. The van der Waals surface area contributed by atoms with Crippen molar-refractivity contribution in [1.29, 1.82) is 0 Å². The molecule has 0 saturated heterocycles. The maximum absolute atomic E-state index is 13.9. The van der Waals surface area contributed by atoms with Crippen LogP contribution in [0, 0.1) is 0 Å². The number of fused-ring (bicyclic) bond motifs is 1. The molecule has 10 heteroatoms. The van der Waals surface area contributed by atoms with E-state index in [1.54, 1.807) is 35.2 Å². The molecule has 0 bridgehead atoms. The topological polar surface area (TPSA) is 104 Å². The number of amides is 3. The van der Waals surface area contributed by atoms with E-state index in [-0.39, 0.29) is 54.2 Å². The highest BCUT2D eigenvalue weighted by Gasteiger charge is 2.40. The molecule has 1 aliphatic heterocycles. The van der Waals surface area contributed by atoms with Crippen LogP contribution in [0.4, 0.5) is 0 Å². The second-order valence-electron chi connectivity index (χ2n) is 10.8. The van der Waals surface area contributed by atoms with Gasteiger partial charge in [-0.05, 0) is 54.7 Å². The van der Waals surface area contributed by atoms with E-state index in [1.807, 2.05) is 36.4 Å². The molecule has 0 radical (unpaired) electrons. The highest BCUT2D eigenvalue weighted by atomic mass is 35.5. The van der Waals surface area contributed by atoms with Gasteiger partial charge in [0, 0.05) is 37.0 Å². The lowest BCUT2D eigenvalue weighted by atomic mass is 10.0. The predicted octanol–water partition coefficient (Wildman–Crippen LogP) is 4.96. The minimum Gasteiger partial charge on any atom is -0.352 e. The molecule has 3 amide bonds. The van der Waals surface area contributed by atoms with Gasteiger partial charge < -0.3 is 10.2 Å². The van der Waals surface area contributed by atoms with Gasteiger partial charge in [0.25, 0.3) is 15.9 Å². The van der Waals surface area contributed by atoms with Gasteiger partial charge in [-0.15, -0.1) is 0 Å². The van der Waals surface area contributed by atoms with Crippen LogP contribution < -0.4 is 5.32 Å². The zero-order valence-corrected chi connectivity index (χ0v) is 24.8. The summed E-state index contributed by atoms with van der Waals surface area (Å²) in [7, 11) is -3.97. The zero-order valence-electron chi connectivity index (χ0n) is 23.2. The maximum Gasteiger partial charge on any atom is 0.269 e. The van der Waals surface area contributed by atoms with Crippen LogP contribution in [0.2, 0.25) is 5.02 Å². The van der Waals surface area contributed by atoms with E-state index in [2.05, 4.69) is 5.32 Å². The van der Waals surface area contributed by atoms with Crippen molar-refractivity contribution >= 4 is 39.3 Å². The minimum atomic E-state index is -3.97. The fourth-order valence-corrected chi connectivity index (χ4v) is 7.54. The van der Waals surface area contributed by atoms with E-state index in [1.165, 1.54) is 12.1 Å². The van der Waals surface area contributed by atoms with Crippen LogP contribution >= 0.6 is 11.6 Å². The van der Waals surface area contributed by atoms with Crippen molar-refractivity contribution in [3.8, 4) is 0 Å². The Morgan fingerprint density at radius 3 is 2.36 bits per heavy atom. The number of benzene rings is 3. The molecule has 1 aliphatic carbocycles. The predicted molar refractivity (Wildman–Crippen MR) is 160 cm³/mol. The Hall–Kier alpha value is -3.69. The second-order valence-corrected chi connectivity index (χ2v) is 13.1. The summed E-state index contributed by atoms with van der Waals surface area (Å²) in [5.74, 6) is -1.11. The van der Waals surface area contributed by atoms with Crippen molar-refractivity contribution in [2.24, 2.45) is 0 Å². The molecule has 2 aliphatic rings. The van der Waals surface area contributed by atoms with E-state index in [0.29, 0.717) is 11.4 Å². The van der Waals surface area contributed by atoms with Gasteiger partial charge in [-0.1, -0.05) is 79.0 Å². The number of sulfonamides is 1. The summed E-state index contributed by atoms with van der Waals surface area (Å²) in [5.41, 5.74) is 1.83. The SMILES string of the molecule is O=C(NC1CCCC1)[C@@H](Cc1ccccc1)N(Cc1cccc(Cl)c1)C(=O)CCCN1C(=O)c2ccccc2S1(=O)=O. The van der Waals surface area contributed by atoms with E-state index in [9.17, 15) is 22.8 Å². The van der Waals surface area contributed by atoms with E-state index < -0.39 is 22.0 Å².